The number of hydrogen-bond donors (Lipinski definition) is 1. The zero-order chi connectivity index (χ0) is 13.3. The molecule has 0 radical (unpaired) electrons. The largest absolute Gasteiger partial charge is 0.390 e. The van der Waals surface area contributed by atoms with Gasteiger partial charge < -0.3 is 9.84 Å². The second-order valence-corrected chi connectivity index (χ2v) is 5.92. The van der Waals surface area contributed by atoms with Crippen LogP contribution >= 0.6 is 0 Å². The lowest BCUT2D eigenvalue weighted by molar-refractivity contribution is -0.0479. The third-order valence-corrected chi connectivity index (χ3v) is 4.38. The average Bonchev–Trinajstić information content (AvgIpc) is 2.32. The molecule has 0 aromatic carbocycles. The second kappa shape index (κ2) is 8.92. The first-order valence-corrected chi connectivity index (χ1v) is 8.04. The Labute approximate surface area is 113 Å². The Kier molecular flexibility index (Phi) is 7.92. The van der Waals surface area contributed by atoms with E-state index in [1.807, 2.05) is 0 Å². The normalized spacial score (nSPS) is 19.5. The van der Waals surface area contributed by atoms with Crippen molar-refractivity contribution in [3.8, 4) is 0 Å². The van der Waals surface area contributed by atoms with Gasteiger partial charge in [0, 0.05) is 6.61 Å². The first kappa shape index (κ1) is 16.0. The molecule has 0 heterocycles. The van der Waals surface area contributed by atoms with Gasteiger partial charge in [0.1, 0.15) is 0 Å². The van der Waals surface area contributed by atoms with Crippen LogP contribution in [0.5, 0.6) is 0 Å². The van der Waals surface area contributed by atoms with Crippen LogP contribution in [-0.2, 0) is 4.74 Å². The van der Waals surface area contributed by atoms with Crippen molar-refractivity contribution in [3.05, 3.63) is 0 Å². The summed E-state index contributed by atoms with van der Waals surface area (Å²) in [5.74, 6) is 0. The predicted octanol–water partition coefficient (Wildman–Crippen LogP) is 4.45. The van der Waals surface area contributed by atoms with Gasteiger partial charge in [-0.1, -0.05) is 46.0 Å². The molecule has 18 heavy (non-hydrogen) atoms. The molecule has 0 bridgehead atoms. The van der Waals surface area contributed by atoms with E-state index in [1.54, 1.807) is 0 Å². The Bertz CT molecular complexity index is 201. The fourth-order valence-corrected chi connectivity index (χ4v) is 2.49. The Morgan fingerprint density at radius 1 is 1.06 bits per heavy atom. The van der Waals surface area contributed by atoms with Crippen LogP contribution in [0.4, 0.5) is 0 Å². The van der Waals surface area contributed by atoms with E-state index >= 15 is 0 Å². The number of hydrogen-bond acceptors (Lipinski definition) is 2. The smallest absolute Gasteiger partial charge is 0.0667 e. The minimum absolute atomic E-state index is 0.476. The van der Waals surface area contributed by atoms with Crippen LogP contribution < -0.4 is 0 Å². The monoisotopic (exact) mass is 256 g/mol. The van der Waals surface area contributed by atoms with Gasteiger partial charge in [-0.05, 0) is 38.5 Å². The lowest BCUT2D eigenvalue weighted by atomic mass is 9.90. The summed E-state index contributed by atoms with van der Waals surface area (Å²) in [6.45, 7) is 5.07. The number of aliphatic hydroxyl groups is 1. The highest BCUT2D eigenvalue weighted by atomic mass is 16.5. The summed E-state index contributed by atoms with van der Waals surface area (Å²) < 4.78 is 5.76. The fourth-order valence-electron chi connectivity index (χ4n) is 2.49. The van der Waals surface area contributed by atoms with Crippen molar-refractivity contribution in [2.75, 3.05) is 6.61 Å². The summed E-state index contributed by atoms with van der Waals surface area (Å²) in [4.78, 5) is 0. The number of rotatable bonds is 11. The molecule has 1 N–H and O–H groups in total. The van der Waals surface area contributed by atoms with Crippen molar-refractivity contribution >= 4 is 0 Å². The second-order valence-electron chi connectivity index (χ2n) is 5.92. The maximum Gasteiger partial charge on any atom is 0.0667 e. The van der Waals surface area contributed by atoms with Gasteiger partial charge in [0.2, 0.25) is 0 Å². The van der Waals surface area contributed by atoms with Crippen molar-refractivity contribution in [3.63, 3.8) is 0 Å². The van der Waals surface area contributed by atoms with E-state index in [0.29, 0.717) is 6.10 Å². The van der Waals surface area contributed by atoms with E-state index in [2.05, 4.69) is 13.8 Å². The summed E-state index contributed by atoms with van der Waals surface area (Å²) in [7, 11) is 0. The van der Waals surface area contributed by atoms with Crippen LogP contribution in [0, 0.1) is 0 Å². The average molecular weight is 256 g/mol. The van der Waals surface area contributed by atoms with Crippen LogP contribution in [0.3, 0.4) is 0 Å². The SMILES string of the molecule is CCCCCCCC(O)(CC)CCOC1CCC1. The maximum atomic E-state index is 10.5. The molecule has 0 aromatic rings. The molecule has 1 saturated carbocycles. The molecular formula is C16H32O2. The van der Waals surface area contributed by atoms with Crippen molar-refractivity contribution in [1.82, 2.24) is 0 Å². The molecule has 0 aliphatic heterocycles. The van der Waals surface area contributed by atoms with Gasteiger partial charge in [-0.25, -0.2) is 0 Å². The van der Waals surface area contributed by atoms with Gasteiger partial charge >= 0.3 is 0 Å². The first-order chi connectivity index (χ1) is 8.70. The van der Waals surface area contributed by atoms with Gasteiger partial charge in [0.25, 0.3) is 0 Å². The molecule has 1 unspecified atom stereocenters. The molecule has 0 aromatic heterocycles. The molecule has 0 spiro atoms. The van der Waals surface area contributed by atoms with Crippen molar-refractivity contribution < 1.29 is 9.84 Å². The molecule has 108 valence electrons. The van der Waals surface area contributed by atoms with E-state index in [1.165, 1.54) is 44.9 Å². The Morgan fingerprint density at radius 2 is 1.78 bits per heavy atom. The van der Waals surface area contributed by atoms with Gasteiger partial charge in [-0.2, -0.15) is 0 Å². The highest BCUT2D eigenvalue weighted by Crippen LogP contribution is 2.26. The first-order valence-electron chi connectivity index (χ1n) is 8.04. The molecule has 0 amide bonds. The van der Waals surface area contributed by atoms with Crippen molar-refractivity contribution in [1.29, 1.82) is 0 Å². The molecular weight excluding hydrogens is 224 g/mol. The van der Waals surface area contributed by atoms with Crippen LogP contribution in [-0.4, -0.2) is 23.4 Å². The molecule has 1 fully saturated rings. The van der Waals surface area contributed by atoms with Crippen LogP contribution in [0.15, 0.2) is 0 Å². The van der Waals surface area contributed by atoms with Gasteiger partial charge in [-0.15, -0.1) is 0 Å². The predicted molar refractivity (Wildman–Crippen MR) is 76.8 cm³/mol. The van der Waals surface area contributed by atoms with Crippen LogP contribution in [0.1, 0.15) is 84.5 Å². The van der Waals surface area contributed by atoms with Crippen LogP contribution in [0.25, 0.3) is 0 Å². The van der Waals surface area contributed by atoms with Gasteiger partial charge in [0.05, 0.1) is 11.7 Å². The third kappa shape index (κ3) is 6.19. The molecule has 1 rings (SSSR count). The minimum atomic E-state index is -0.476. The quantitative estimate of drug-likeness (QED) is 0.553. The summed E-state index contributed by atoms with van der Waals surface area (Å²) in [5.41, 5.74) is -0.476. The summed E-state index contributed by atoms with van der Waals surface area (Å²) >= 11 is 0. The lowest BCUT2D eigenvalue weighted by Crippen LogP contribution is -2.31. The highest BCUT2D eigenvalue weighted by molar-refractivity contribution is 4.77. The summed E-state index contributed by atoms with van der Waals surface area (Å²) in [5, 5.41) is 10.5. The fraction of sp³-hybridized carbons (Fsp3) is 1.00. The van der Waals surface area contributed by atoms with Crippen molar-refractivity contribution in [2.45, 2.75) is 96.2 Å². The summed E-state index contributed by atoms with van der Waals surface area (Å²) in [6, 6.07) is 0. The molecule has 2 nitrogen and oxygen atoms in total. The standard InChI is InChI=1S/C16H32O2/c1-3-5-6-7-8-12-16(17,4-2)13-14-18-15-10-9-11-15/h15,17H,3-14H2,1-2H3. The zero-order valence-corrected chi connectivity index (χ0v) is 12.4. The maximum absolute atomic E-state index is 10.5. The molecule has 1 atom stereocenters. The molecule has 1 aliphatic carbocycles. The molecule has 2 heteroatoms. The Morgan fingerprint density at radius 3 is 2.33 bits per heavy atom. The van der Waals surface area contributed by atoms with E-state index in [-0.39, 0.29) is 0 Å². The molecule has 0 saturated heterocycles. The Hall–Kier alpha value is -0.0800. The summed E-state index contributed by atoms with van der Waals surface area (Å²) in [6.07, 6.45) is 13.2. The van der Waals surface area contributed by atoms with Crippen LogP contribution in [0.2, 0.25) is 0 Å². The number of ether oxygens (including phenoxy) is 1. The van der Waals surface area contributed by atoms with E-state index in [9.17, 15) is 5.11 Å². The van der Waals surface area contributed by atoms with E-state index in [0.717, 1.165) is 32.3 Å². The highest BCUT2D eigenvalue weighted by Gasteiger charge is 2.25. The van der Waals surface area contributed by atoms with E-state index in [4.69, 9.17) is 4.74 Å². The number of unbranched alkanes of at least 4 members (excludes halogenated alkanes) is 4. The Balaban J connectivity index is 2.06. The molecule has 1 aliphatic rings. The van der Waals surface area contributed by atoms with Gasteiger partial charge in [0.15, 0.2) is 0 Å². The minimum Gasteiger partial charge on any atom is -0.390 e. The third-order valence-electron chi connectivity index (χ3n) is 4.38. The van der Waals surface area contributed by atoms with Gasteiger partial charge in [-0.3, -0.25) is 0 Å². The van der Waals surface area contributed by atoms with E-state index < -0.39 is 5.60 Å². The zero-order valence-electron chi connectivity index (χ0n) is 12.4. The van der Waals surface area contributed by atoms with Crippen molar-refractivity contribution in [2.24, 2.45) is 0 Å². The topological polar surface area (TPSA) is 29.5 Å². The lowest BCUT2D eigenvalue weighted by Gasteiger charge is -2.30.